The molecular weight excluding hydrogens is 244 g/mol. The van der Waals surface area contributed by atoms with E-state index in [0.29, 0.717) is 5.03 Å². The normalized spacial score (nSPS) is 10.5. The Kier molecular flexibility index (Phi) is 3.23. The van der Waals surface area contributed by atoms with Gasteiger partial charge in [0.2, 0.25) is 5.95 Å². The first-order valence-electron chi connectivity index (χ1n) is 4.78. The lowest BCUT2D eigenvalue weighted by Gasteiger charge is -2.05. The van der Waals surface area contributed by atoms with E-state index in [9.17, 15) is 8.78 Å². The molecule has 3 nitrogen and oxygen atoms in total. The van der Waals surface area contributed by atoms with Crippen molar-refractivity contribution in [3.05, 3.63) is 41.6 Å². The van der Waals surface area contributed by atoms with Gasteiger partial charge in [0.05, 0.1) is 4.90 Å². The van der Waals surface area contributed by atoms with E-state index in [4.69, 9.17) is 5.73 Å². The van der Waals surface area contributed by atoms with Crippen LogP contribution in [0.1, 0.15) is 5.56 Å². The first-order valence-corrected chi connectivity index (χ1v) is 5.60. The van der Waals surface area contributed by atoms with Gasteiger partial charge in [-0.15, -0.1) is 0 Å². The van der Waals surface area contributed by atoms with Gasteiger partial charge in [0.1, 0.15) is 16.7 Å². The lowest BCUT2D eigenvalue weighted by Crippen LogP contribution is -1.97. The largest absolute Gasteiger partial charge is 0.368 e. The lowest BCUT2D eigenvalue weighted by molar-refractivity contribution is 0.577. The summed E-state index contributed by atoms with van der Waals surface area (Å²) in [6.45, 7) is 1.78. The summed E-state index contributed by atoms with van der Waals surface area (Å²) in [5, 5.41) is 0.516. The van der Waals surface area contributed by atoms with Crippen molar-refractivity contribution in [3.8, 4) is 0 Å². The van der Waals surface area contributed by atoms with Crippen molar-refractivity contribution in [1.82, 2.24) is 9.97 Å². The maximum absolute atomic E-state index is 13.4. The molecule has 1 heterocycles. The summed E-state index contributed by atoms with van der Waals surface area (Å²) in [4.78, 5) is 7.96. The molecule has 2 rings (SSSR count). The Balaban J connectivity index is 2.37. The molecule has 1 aromatic heterocycles. The predicted octanol–water partition coefficient (Wildman–Crippen LogP) is 2.80. The predicted molar refractivity (Wildman–Crippen MR) is 61.7 cm³/mol. The Morgan fingerprint density at radius 2 is 2.06 bits per heavy atom. The monoisotopic (exact) mass is 253 g/mol. The van der Waals surface area contributed by atoms with Gasteiger partial charge in [-0.05, 0) is 25.1 Å². The van der Waals surface area contributed by atoms with Crippen molar-refractivity contribution in [3.63, 3.8) is 0 Å². The molecule has 0 saturated carbocycles. The maximum atomic E-state index is 13.4. The van der Waals surface area contributed by atoms with Gasteiger partial charge in [-0.1, -0.05) is 11.8 Å². The van der Waals surface area contributed by atoms with Crippen LogP contribution in [0, 0.1) is 18.6 Å². The molecule has 0 fully saturated rings. The van der Waals surface area contributed by atoms with Gasteiger partial charge in [0, 0.05) is 11.8 Å². The number of nitrogens with two attached hydrogens (primary N) is 1. The SMILES string of the molecule is Cc1cnc(N)nc1Sc1cc(F)ccc1F. The van der Waals surface area contributed by atoms with Gasteiger partial charge < -0.3 is 5.73 Å². The molecule has 0 aliphatic heterocycles. The third kappa shape index (κ3) is 2.71. The van der Waals surface area contributed by atoms with Crippen LogP contribution in [-0.2, 0) is 0 Å². The maximum Gasteiger partial charge on any atom is 0.221 e. The van der Waals surface area contributed by atoms with E-state index in [0.717, 1.165) is 35.5 Å². The Morgan fingerprint density at radius 1 is 1.29 bits per heavy atom. The van der Waals surface area contributed by atoms with Gasteiger partial charge >= 0.3 is 0 Å². The van der Waals surface area contributed by atoms with E-state index in [1.54, 1.807) is 13.1 Å². The Bertz CT molecular complexity index is 511. The molecule has 0 atom stereocenters. The second-order valence-corrected chi connectivity index (χ2v) is 4.42. The van der Waals surface area contributed by atoms with Crippen molar-refractivity contribution in [1.29, 1.82) is 0 Å². The highest BCUT2D eigenvalue weighted by atomic mass is 32.2. The van der Waals surface area contributed by atoms with Crippen LogP contribution in [0.15, 0.2) is 34.3 Å². The van der Waals surface area contributed by atoms with Gasteiger partial charge in [-0.2, -0.15) is 0 Å². The molecule has 2 N–H and O–H groups in total. The van der Waals surface area contributed by atoms with E-state index in [2.05, 4.69) is 9.97 Å². The molecule has 0 spiro atoms. The minimum atomic E-state index is -0.493. The number of nitrogens with zero attached hydrogens (tertiary/aromatic N) is 2. The van der Waals surface area contributed by atoms with Crippen LogP contribution in [0.4, 0.5) is 14.7 Å². The van der Waals surface area contributed by atoms with Gasteiger partial charge in [0.25, 0.3) is 0 Å². The number of hydrogen-bond donors (Lipinski definition) is 1. The van der Waals surface area contributed by atoms with Crippen LogP contribution in [-0.4, -0.2) is 9.97 Å². The standard InChI is InChI=1S/C11H9F2N3S/c1-6-5-15-11(14)16-10(6)17-9-4-7(12)2-3-8(9)13/h2-5H,1H3,(H2,14,15,16). The number of aromatic nitrogens is 2. The molecule has 0 amide bonds. The van der Waals surface area contributed by atoms with Crippen LogP contribution in [0.5, 0.6) is 0 Å². The second-order valence-electron chi connectivity index (χ2n) is 3.39. The number of hydrogen-bond acceptors (Lipinski definition) is 4. The first-order chi connectivity index (χ1) is 8.06. The second kappa shape index (κ2) is 4.67. The summed E-state index contributed by atoms with van der Waals surface area (Å²) in [7, 11) is 0. The zero-order valence-electron chi connectivity index (χ0n) is 8.95. The Labute approximate surface area is 101 Å². The van der Waals surface area contributed by atoms with Crippen molar-refractivity contribution in [2.24, 2.45) is 0 Å². The van der Waals surface area contributed by atoms with Gasteiger partial charge in [-0.25, -0.2) is 18.7 Å². The number of nitrogen functional groups attached to an aromatic ring is 1. The number of halogens is 2. The Morgan fingerprint density at radius 3 is 2.82 bits per heavy atom. The quantitative estimate of drug-likeness (QED) is 0.836. The molecule has 0 unspecified atom stereocenters. The van der Waals surface area contributed by atoms with E-state index >= 15 is 0 Å². The molecule has 88 valence electrons. The summed E-state index contributed by atoms with van der Waals surface area (Å²) in [6, 6.07) is 3.27. The third-order valence-electron chi connectivity index (χ3n) is 2.04. The molecule has 0 aliphatic rings. The molecule has 6 heteroatoms. The van der Waals surface area contributed by atoms with Crippen molar-refractivity contribution in [2.45, 2.75) is 16.8 Å². The van der Waals surface area contributed by atoms with E-state index in [1.165, 1.54) is 0 Å². The van der Waals surface area contributed by atoms with Crippen molar-refractivity contribution < 1.29 is 8.78 Å². The highest BCUT2D eigenvalue weighted by Crippen LogP contribution is 2.31. The van der Waals surface area contributed by atoms with Crippen LogP contribution in [0.25, 0.3) is 0 Å². The first kappa shape index (κ1) is 11.8. The van der Waals surface area contributed by atoms with E-state index in [-0.39, 0.29) is 10.8 Å². The number of benzene rings is 1. The number of rotatable bonds is 2. The highest BCUT2D eigenvalue weighted by Gasteiger charge is 2.09. The fraction of sp³-hybridized carbons (Fsp3) is 0.0909. The molecule has 0 saturated heterocycles. The molecule has 0 radical (unpaired) electrons. The zero-order valence-corrected chi connectivity index (χ0v) is 9.76. The fourth-order valence-electron chi connectivity index (χ4n) is 1.20. The topological polar surface area (TPSA) is 51.8 Å². The minimum Gasteiger partial charge on any atom is -0.368 e. The molecule has 1 aromatic carbocycles. The minimum absolute atomic E-state index is 0.106. The fourth-order valence-corrected chi connectivity index (χ4v) is 2.10. The molecule has 2 aromatic rings. The van der Waals surface area contributed by atoms with Crippen LogP contribution in [0.2, 0.25) is 0 Å². The average molecular weight is 253 g/mol. The highest BCUT2D eigenvalue weighted by molar-refractivity contribution is 7.99. The average Bonchev–Trinajstić information content (AvgIpc) is 2.28. The number of anilines is 1. The van der Waals surface area contributed by atoms with Crippen molar-refractivity contribution >= 4 is 17.7 Å². The summed E-state index contributed by atoms with van der Waals surface area (Å²) >= 11 is 1.02. The van der Waals surface area contributed by atoms with E-state index < -0.39 is 11.6 Å². The van der Waals surface area contributed by atoms with Crippen LogP contribution in [0.3, 0.4) is 0 Å². The Hall–Kier alpha value is -1.69. The molecule has 0 aliphatic carbocycles. The molecule has 17 heavy (non-hydrogen) atoms. The summed E-state index contributed by atoms with van der Waals surface area (Å²) in [5.41, 5.74) is 6.20. The zero-order chi connectivity index (χ0) is 12.4. The van der Waals surface area contributed by atoms with E-state index in [1.807, 2.05) is 0 Å². The molecular formula is C11H9F2N3S. The van der Waals surface area contributed by atoms with Gasteiger partial charge in [-0.3, -0.25) is 0 Å². The lowest BCUT2D eigenvalue weighted by atomic mass is 10.3. The summed E-state index contributed by atoms with van der Waals surface area (Å²) in [6.07, 6.45) is 1.54. The van der Waals surface area contributed by atoms with Crippen LogP contribution >= 0.6 is 11.8 Å². The third-order valence-corrected chi connectivity index (χ3v) is 3.18. The molecule has 0 bridgehead atoms. The number of aryl methyl sites for hydroxylation is 1. The smallest absolute Gasteiger partial charge is 0.221 e. The summed E-state index contributed by atoms with van der Waals surface area (Å²) in [5.74, 6) is -0.878. The van der Waals surface area contributed by atoms with Crippen LogP contribution < -0.4 is 5.73 Å². The van der Waals surface area contributed by atoms with Gasteiger partial charge in [0.15, 0.2) is 0 Å². The summed E-state index contributed by atoms with van der Waals surface area (Å²) < 4.78 is 26.4. The van der Waals surface area contributed by atoms with Crippen molar-refractivity contribution in [2.75, 3.05) is 5.73 Å².